The van der Waals surface area contributed by atoms with Gasteiger partial charge in [-0.2, -0.15) is 0 Å². The summed E-state index contributed by atoms with van der Waals surface area (Å²) in [5.74, 6) is 0. The Bertz CT molecular complexity index is 547. The maximum Gasteiger partial charge on any atom is 0.0926 e. The van der Waals surface area contributed by atoms with E-state index in [0.717, 1.165) is 23.1 Å². The van der Waals surface area contributed by atoms with Crippen LogP contribution in [0.25, 0.3) is 0 Å². The molecule has 1 aromatic heterocycles. The highest BCUT2D eigenvalue weighted by Crippen LogP contribution is 2.30. The summed E-state index contributed by atoms with van der Waals surface area (Å²) in [5.41, 5.74) is 4.99. The molecule has 1 aliphatic heterocycles. The van der Waals surface area contributed by atoms with Crippen molar-refractivity contribution in [1.29, 1.82) is 0 Å². The molecule has 4 heteroatoms. The summed E-state index contributed by atoms with van der Waals surface area (Å²) in [6, 6.07) is 6.61. The standard InChI is InChI=1S/C13H14BrN3/c1-8-2-3-9(14)6-10(8)12-13-11(4-5-15-12)16-7-17-13/h2-3,6-7,12,15H,4-5H2,1H3,(H,16,17). The highest BCUT2D eigenvalue weighted by Gasteiger charge is 2.24. The van der Waals surface area contributed by atoms with E-state index in [-0.39, 0.29) is 6.04 Å². The van der Waals surface area contributed by atoms with Crippen LogP contribution in [-0.4, -0.2) is 16.5 Å². The minimum atomic E-state index is 0.211. The highest BCUT2D eigenvalue weighted by atomic mass is 79.9. The zero-order chi connectivity index (χ0) is 11.8. The van der Waals surface area contributed by atoms with Gasteiger partial charge in [-0.15, -0.1) is 0 Å². The minimum Gasteiger partial charge on any atom is -0.348 e. The Labute approximate surface area is 109 Å². The average molecular weight is 292 g/mol. The van der Waals surface area contributed by atoms with Crippen LogP contribution in [0.3, 0.4) is 0 Å². The summed E-state index contributed by atoms with van der Waals surface area (Å²) in [5, 5.41) is 3.54. The van der Waals surface area contributed by atoms with Gasteiger partial charge in [0.1, 0.15) is 0 Å². The number of nitrogens with zero attached hydrogens (tertiary/aromatic N) is 1. The molecule has 2 N–H and O–H groups in total. The van der Waals surface area contributed by atoms with E-state index in [2.05, 4.69) is 56.3 Å². The van der Waals surface area contributed by atoms with E-state index in [9.17, 15) is 0 Å². The molecule has 0 saturated heterocycles. The van der Waals surface area contributed by atoms with Gasteiger partial charge in [-0.1, -0.05) is 22.0 Å². The fourth-order valence-corrected chi connectivity index (χ4v) is 2.78. The molecule has 1 aliphatic rings. The van der Waals surface area contributed by atoms with Gasteiger partial charge in [0, 0.05) is 23.1 Å². The molecule has 2 heterocycles. The second-order valence-electron chi connectivity index (χ2n) is 4.40. The third kappa shape index (κ3) is 1.91. The molecule has 0 aliphatic carbocycles. The number of halogens is 1. The highest BCUT2D eigenvalue weighted by molar-refractivity contribution is 9.10. The Hall–Kier alpha value is -1.13. The van der Waals surface area contributed by atoms with E-state index >= 15 is 0 Å². The number of aromatic amines is 1. The average Bonchev–Trinajstić information content (AvgIpc) is 2.80. The first-order valence-corrected chi connectivity index (χ1v) is 6.56. The van der Waals surface area contributed by atoms with Crippen LogP contribution in [0.4, 0.5) is 0 Å². The third-order valence-electron chi connectivity index (χ3n) is 3.30. The molecule has 17 heavy (non-hydrogen) atoms. The van der Waals surface area contributed by atoms with Crippen LogP contribution >= 0.6 is 15.9 Å². The van der Waals surface area contributed by atoms with Crippen molar-refractivity contribution in [3.05, 3.63) is 51.5 Å². The molecule has 3 rings (SSSR count). The zero-order valence-electron chi connectivity index (χ0n) is 9.63. The molecule has 0 saturated carbocycles. The van der Waals surface area contributed by atoms with Gasteiger partial charge in [-0.25, -0.2) is 4.98 Å². The molecule has 0 amide bonds. The molecule has 2 aromatic rings. The van der Waals surface area contributed by atoms with E-state index in [4.69, 9.17) is 0 Å². The first-order valence-electron chi connectivity index (χ1n) is 5.77. The molecule has 0 bridgehead atoms. The van der Waals surface area contributed by atoms with Crippen molar-refractivity contribution in [3.8, 4) is 0 Å². The minimum absolute atomic E-state index is 0.211. The van der Waals surface area contributed by atoms with Gasteiger partial charge in [-0.3, -0.25) is 0 Å². The number of aryl methyl sites for hydroxylation is 1. The van der Waals surface area contributed by atoms with Gasteiger partial charge in [0.25, 0.3) is 0 Å². The van der Waals surface area contributed by atoms with E-state index in [0.29, 0.717) is 0 Å². The Morgan fingerprint density at radius 3 is 3.18 bits per heavy atom. The molecule has 1 unspecified atom stereocenters. The Morgan fingerprint density at radius 1 is 1.41 bits per heavy atom. The fourth-order valence-electron chi connectivity index (χ4n) is 2.40. The van der Waals surface area contributed by atoms with Gasteiger partial charge in [0.15, 0.2) is 0 Å². The van der Waals surface area contributed by atoms with Crippen molar-refractivity contribution in [2.45, 2.75) is 19.4 Å². The van der Waals surface area contributed by atoms with Crippen molar-refractivity contribution in [2.75, 3.05) is 6.54 Å². The first kappa shape index (κ1) is 11.0. The van der Waals surface area contributed by atoms with E-state index in [1.807, 2.05) is 0 Å². The van der Waals surface area contributed by atoms with Crippen molar-refractivity contribution < 1.29 is 0 Å². The van der Waals surface area contributed by atoms with Crippen LogP contribution in [0.5, 0.6) is 0 Å². The SMILES string of the molecule is Cc1ccc(Br)cc1C1NCCc2[nH]cnc21. The normalized spacial score (nSPS) is 19.1. The number of nitrogens with one attached hydrogen (secondary N) is 2. The predicted molar refractivity (Wildman–Crippen MR) is 71.0 cm³/mol. The Kier molecular flexibility index (Phi) is 2.76. The summed E-state index contributed by atoms with van der Waals surface area (Å²) in [6.45, 7) is 3.14. The molecule has 88 valence electrons. The molecule has 0 spiro atoms. The number of benzene rings is 1. The van der Waals surface area contributed by atoms with Crippen LogP contribution < -0.4 is 5.32 Å². The molecular weight excluding hydrogens is 278 g/mol. The van der Waals surface area contributed by atoms with Crippen LogP contribution in [0, 0.1) is 6.92 Å². The fraction of sp³-hybridized carbons (Fsp3) is 0.308. The lowest BCUT2D eigenvalue weighted by Crippen LogP contribution is -2.31. The number of hydrogen-bond acceptors (Lipinski definition) is 2. The van der Waals surface area contributed by atoms with E-state index in [1.165, 1.54) is 16.8 Å². The number of aromatic nitrogens is 2. The summed E-state index contributed by atoms with van der Waals surface area (Å²) < 4.78 is 1.11. The predicted octanol–water partition coefficient (Wildman–Crippen LogP) is 2.72. The Morgan fingerprint density at radius 2 is 2.29 bits per heavy atom. The number of imidazole rings is 1. The molecule has 0 fully saturated rings. The lowest BCUT2D eigenvalue weighted by atomic mass is 9.95. The molecular formula is C13H14BrN3. The molecule has 0 radical (unpaired) electrons. The van der Waals surface area contributed by atoms with Gasteiger partial charge in [-0.05, 0) is 30.2 Å². The third-order valence-corrected chi connectivity index (χ3v) is 3.79. The molecule has 3 nitrogen and oxygen atoms in total. The summed E-state index contributed by atoms with van der Waals surface area (Å²) in [4.78, 5) is 7.68. The summed E-state index contributed by atoms with van der Waals surface area (Å²) >= 11 is 3.54. The number of rotatable bonds is 1. The lowest BCUT2D eigenvalue weighted by molar-refractivity contribution is 0.551. The lowest BCUT2D eigenvalue weighted by Gasteiger charge is -2.25. The van der Waals surface area contributed by atoms with Crippen LogP contribution in [0.1, 0.15) is 28.6 Å². The van der Waals surface area contributed by atoms with Crippen molar-refractivity contribution in [2.24, 2.45) is 0 Å². The van der Waals surface area contributed by atoms with Gasteiger partial charge in [0.2, 0.25) is 0 Å². The number of hydrogen-bond donors (Lipinski definition) is 2. The van der Waals surface area contributed by atoms with Crippen molar-refractivity contribution >= 4 is 15.9 Å². The van der Waals surface area contributed by atoms with E-state index < -0.39 is 0 Å². The zero-order valence-corrected chi connectivity index (χ0v) is 11.2. The maximum absolute atomic E-state index is 4.45. The van der Waals surface area contributed by atoms with Crippen molar-refractivity contribution in [1.82, 2.24) is 15.3 Å². The summed E-state index contributed by atoms with van der Waals surface area (Å²) in [6.07, 6.45) is 2.82. The van der Waals surface area contributed by atoms with Gasteiger partial charge >= 0.3 is 0 Å². The largest absolute Gasteiger partial charge is 0.348 e. The van der Waals surface area contributed by atoms with Crippen LogP contribution in [0.2, 0.25) is 0 Å². The molecule has 1 aromatic carbocycles. The number of fused-ring (bicyclic) bond motifs is 1. The second-order valence-corrected chi connectivity index (χ2v) is 5.32. The van der Waals surface area contributed by atoms with Gasteiger partial charge < -0.3 is 10.3 Å². The van der Waals surface area contributed by atoms with Crippen LogP contribution in [-0.2, 0) is 6.42 Å². The summed E-state index contributed by atoms with van der Waals surface area (Å²) in [7, 11) is 0. The van der Waals surface area contributed by atoms with Crippen molar-refractivity contribution in [3.63, 3.8) is 0 Å². The smallest absolute Gasteiger partial charge is 0.0926 e. The number of H-pyrrole nitrogens is 1. The maximum atomic E-state index is 4.45. The molecule has 1 atom stereocenters. The quantitative estimate of drug-likeness (QED) is 0.848. The van der Waals surface area contributed by atoms with Crippen LogP contribution in [0.15, 0.2) is 29.0 Å². The van der Waals surface area contributed by atoms with E-state index in [1.54, 1.807) is 6.33 Å². The Balaban J connectivity index is 2.09. The second kappa shape index (κ2) is 4.27. The van der Waals surface area contributed by atoms with Gasteiger partial charge in [0.05, 0.1) is 18.1 Å². The first-order chi connectivity index (χ1) is 8.25. The monoisotopic (exact) mass is 291 g/mol. The topological polar surface area (TPSA) is 40.7 Å².